The van der Waals surface area contributed by atoms with E-state index < -0.39 is 0 Å². The van der Waals surface area contributed by atoms with E-state index >= 15 is 0 Å². The molecule has 0 atom stereocenters. The predicted molar refractivity (Wildman–Crippen MR) is 76.3 cm³/mol. The highest BCUT2D eigenvalue weighted by Crippen LogP contribution is 2.38. The van der Waals surface area contributed by atoms with E-state index in [-0.39, 0.29) is 5.60 Å². The third kappa shape index (κ3) is 2.80. The van der Waals surface area contributed by atoms with Gasteiger partial charge in [0.2, 0.25) is 0 Å². The smallest absolute Gasteiger partial charge is 0.147 e. The fraction of sp³-hybridized carbons (Fsp3) is 0.600. The lowest BCUT2D eigenvalue weighted by Gasteiger charge is -2.31. The van der Waals surface area contributed by atoms with Crippen LogP contribution in [0.15, 0.2) is 24.3 Å². The van der Waals surface area contributed by atoms with Gasteiger partial charge in [-0.1, -0.05) is 43.5 Å². The van der Waals surface area contributed by atoms with E-state index in [0.717, 1.165) is 16.4 Å². The van der Waals surface area contributed by atoms with Crippen molar-refractivity contribution in [2.24, 2.45) is 0 Å². The van der Waals surface area contributed by atoms with Crippen LogP contribution in [0.2, 0.25) is 0 Å². The van der Waals surface area contributed by atoms with Crippen LogP contribution in [0.1, 0.15) is 63.0 Å². The fourth-order valence-corrected chi connectivity index (χ4v) is 3.14. The molecular weight excluding hydrogens is 224 g/mol. The Labute approximate surface area is 108 Å². The summed E-state index contributed by atoms with van der Waals surface area (Å²) in [5.41, 5.74) is 2.83. The Kier molecular flexibility index (Phi) is 4.05. The van der Waals surface area contributed by atoms with Crippen LogP contribution in [-0.4, -0.2) is 10.5 Å². The maximum Gasteiger partial charge on any atom is 0.147 e. The number of rotatable bonds is 3. The third-order valence-corrected chi connectivity index (χ3v) is 5.19. The molecule has 0 amide bonds. The Bertz CT molecular complexity index is 367. The van der Waals surface area contributed by atoms with Crippen LogP contribution >= 0.6 is 0 Å². The predicted octanol–water partition coefficient (Wildman–Crippen LogP) is 3.27. The Hall–Kier alpha value is -0.603. The van der Waals surface area contributed by atoms with Gasteiger partial charge < -0.3 is 4.43 Å². The molecule has 1 fully saturated rings. The zero-order valence-corrected chi connectivity index (χ0v) is 13.3. The van der Waals surface area contributed by atoms with E-state index in [0.29, 0.717) is 0 Å². The molecule has 0 heterocycles. The Balaban J connectivity index is 2.33. The van der Waals surface area contributed by atoms with Gasteiger partial charge in [-0.2, -0.15) is 0 Å². The normalized spacial score (nSPS) is 18.5. The molecule has 1 aliphatic carbocycles. The molecule has 0 radical (unpaired) electrons. The standard InChI is InChI=1S/C15H24OSi/c1-15(2,16-17)14-11-7-6-10-13(14)12-8-4-3-5-9-12/h6-7,10-12H,3-5,8-9H2,1-2,17H3. The summed E-state index contributed by atoms with van der Waals surface area (Å²) in [5, 5.41) is 0. The molecule has 94 valence electrons. The topological polar surface area (TPSA) is 9.23 Å². The average Bonchev–Trinajstić information content (AvgIpc) is 2.40. The monoisotopic (exact) mass is 248 g/mol. The first-order valence-corrected chi connectivity index (χ1v) is 7.61. The molecule has 1 aromatic carbocycles. The van der Waals surface area contributed by atoms with Gasteiger partial charge in [0.15, 0.2) is 0 Å². The SMILES string of the molecule is CC(C)(O[SiH3])c1ccccc1C1CCCCC1. The molecule has 0 N–H and O–H groups in total. The molecule has 0 spiro atoms. The van der Waals surface area contributed by atoms with Gasteiger partial charge >= 0.3 is 0 Å². The molecule has 0 aromatic heterocycles. The fourth-order valence-electron chi connectivity index (χ4n) is 2.92. The lowest BCUT2D eigenvalue weighted by atomic mass is 9.79. The second-order valence-electron chi connectivity index (χ2n) is 5.64. The molecule has 0 aliphatic heterocycles. The first kappa shape index (κ1) is 12.8. The molecule has 0 saturated heterocycles. The van der Waals surface area contributed by atoms with Crippen LogP contribution in [0, 0.1) is 0 Å². The van der Waals surface area contributed by atoms with Gasteiger partial charge in [0.25, 0.3) is 0 Å². The molecule has 1 saturated carbocycles. The summed E-state index contributed by atoms with van der Waals surface area (Å²) in [7, 11) is 0.794. The number of hydrogen-bond acceptors (Lipinski definition) is 1. The highest BCUT2D eigenvalue weighted by atomic mass is 28.2. The molecule has 2 heteroatoms. The first-order chi connectivity index (χ1) is 8.15. The zero-order valence-electron chi connectivity index (χ0n) is 11.3. The quantitative estimate of drug-likeness (QED) is 0.746. The van der Waals surface area contributed by atoms with Crippen molar-refractivity contribution < 1.29 is 4.43 Å². The first-order valence-electron chi connectivity index (χ1n) is 6.79. The molecule has 2 rings (SSSR count). The van der Waals surface area contributed by atoms with Gasteiger partial charge in [-0.25, -0.2) is 0 Å². The van der Waals surface area contributed by atoms with Crippen LogP contribution < -0.4 is 0 Å². The molecule has 17 heavy (non-hydrogen) atoms. The highest BCUT2D eigenvalue weighted by Gasteiger charge is 2.26. The van der Waals surface area contributed by atoms with Gasteiger partial charge in [-0.3, -0.25) is 0 Å². The molecule has 0 bridgehead atoms. The summed E-state index contributed by atoms with van der Waals surface area (Å²) >= 11 is 0. The van der Waals surface area contributed by atoms with E-state index in [1.54, 1.807) is 0 Å². The summed E-state index contributed by atoms with van der Waals surface area (Å²) in [6.45, 7) is 4.39. The molecular formula is C15H24OSi. The second kappa shape index (κ2) is 5.36. The average molecular weight is 248 g/mol. The highest BCUT2D eigenvalue weighted by molar-refractivity contribution is 5.98. The minimum absolute atomic E-state index is 0.111. The van der Waals surface area contributed by atoms with Gasteiger partial charge in [0.05, 0.1) is 5.60 Å². The minimum Gasteiger partial charge on any atom is -0.419 e. The molecule has 1 aliphatic rings. The van der Waals surface area contributed by atoms with E-state index in [2.05, 4.69) is 38.1 Å². The van der Waals surface area contributed by atoms with E-state index in [1.807, 2.05) is 0 Å². The zero-order chi connectivity index (χ0) is 12.3. The Morgan fingerprint density at radius 1 is 1.12 bits per heavy atom. The summed E-state index contributed by atoms with van der Waals surface area (Å²) in [5.74, 6) is 0.760. The van der Waals surface area contributed by atoms with E-state index in [4.69, 9.17) is 4.43 Å². The lowest BCUT2D eigenvalue weighted by Crippen LogP contribution is -2.23. The Morgan fingerprint density at radius 2 is 1.76 bits per heavy atom. The largest absolute Gasteiger partial charge is 0.419 e. The van der Waals surface area contributed by atoms with Crippen molar-refractivity contribution in [3.8, 4) is 0 Å². The second-order valence-corrected chi connectivity index (χ2v) is 6.04. The van der Waals surface area contributed by atoms with Gasteiger partial charge in [0.1, 0.15) is 10.5 Å². The lowest BCUT2D eigenvalue weighted by molar-refractivity contribution is 0.121. The molecule has 0 unspecified atom stereocenters. The molecule has 1 aromatic rings. The van der Waals surface area contributed by atoms with Crippen LogP contribution in [0.4, 0.5) is 0 Å². The van der Waals surface area contributed by atoms with Gasteiger partial charge in [-0.05, 0) is 43.7 Å². The van der Waals surface area contributed by atoms with Crippen LogP contribution in [-0.2, 0) is 10.0 Å². The molecule has 1 nitrogen and oxygen atoms in total. The summed E-state index contributed by atoms with van der Waals surface area (Å²) in [4.78, 5) is 0. The van der Waals surface area contributed by atoms with E-state index in [9.17, 15) is 0 Å². The van der Waals surface area contributed by atoms with Crippen LogP contribution in [0.3, 0.4) is 0 Å². The van der Waals surface area contributed by atoms with Crippen molar-refractivity contribution in [1.29, 1.82) is 0 Å². The van der Waals surface area contributed by atoms with Crippen LogP contribution in [0.25, 0.3) is 0 Å². The maximum atomic E-state index is 5.79. The van der Waals surface area contributed by atoms with Crippen molar-refractivity contribution in [2.45, 2.75) is 57.5 Å². The third-order valence-electron chi connectivity index (χ3n) is 4.16. The van der Waals surface area contributed by atoms with Crippen molar-refractivity contribution in [3.05, 3.63) is 35.4 Å². The summed E-state index contributed by atoms with van der Waals surface area (Å²) in [6.07, 6.45) is 6.91. The van der Waals surface area contributed by atoms with E-state index in [1.165, 1.54) is 43.2 Å². The maximum absolute atomic E-state index is 5.79. The van der Waals surface area contributed by atoms with Crippen molar-refractivity contribution in [3.63, 3.8) is 0 Å². The van der Waals surface area contributed by atoms with Crippen LogP contribution in [0.5, 0.6) is 0 Å². The summed E-state index contributed by atoms with van der Waals surface area (Å²) in [6, 6.07) is 8.88. The summed E-state index contributed by atoms with van der Waals surface area (Å²) < 4.78 is 5.79. The van der Waals surface area contributed by atoms with Gasteiger partial charge in [-0.15, -0.1) is 0 Å². The van der Waals surface area contributed by atoms with Gasteiger partial charge in [0, 0.05) is 0 Å². The Morgan fingerprint density at radius 3 is 2.41 bits per heavy atom. The van der Waals surface area contributed by atoms with Crippen molar-refractivity contribution in [1.82, 2.24) is 0 Å². The van der Waals surface area contributed by atoms with Crippen molar-refractivity contribution in [2.75, 3.05) is 0 Å². The number of benzene rings is 1. The number of hydrogen-bond donors (Lipinski definition) is 0. The van der Waals surface area contributed by atoms with Crippen molar-refractivity contribution >= 4 is 10.5 Å². The minimum atomic E-state index is -0.111.